The van der Waals surface area contributed by atoms with Gasteiger partial charge in [-0.2, -0.15) is 0 Å². The van der Waals surface area contributed by atoms with Crippen molar-refractivity contribution in [2.45, 2.75) is 52.2 Å². The topological polar surface area (TPSA) is 15.3 Å². The zero-order valence-electron chi connectivity index (χ0n) is 12.9. The fraction of sp³-hybridized carbons (Fsp3) is 0.647. The van der Waals surface area contributed by atoms with E-state index in [1.165, 1.54) is 29.4 Å². The summed E-state index contributed by atoms with van der Waals surface area (Å²) in [5.74, 6) is 0.748. The second kappa shape index (κ2) is 7.58. The fourth-order valence-electron chi connectivity index (χ4n) is 3.01. The Labute approximate surface area is 132 Å². The van der Waals surface area contributed by atoms with Crippen LogP contribution in [-0.4, -0.2) is 30.1 Å². The molecule has 1 aliphatic rings. The molecule has 0 saturated carbocycles. The monoisotopic (exact) mass is 338 g/mol. The molecule has 1 heterocycles. The van der Waals surface area contributed by atoms with Crippen LogP contribution in [0.4, 0.5) is 0 Å². The minimum absolute atomic E-state index is 0.634. The Morgan fingerprint density at radius 3 is 2.85 bits per heavy atom. The van der Waals surface area contributed by atoms with E-state index in [4.69, 9.17) is 0 Å². The lowest BCUT2D eigenvalue weighted by Crippen LogP contribution is -2.57. The summed E-state index contributed by atoms with van der Waals surface area (Å²) < 4.78 is 1.18. The van der Waals surface area contributed by atoms with Gasteiger partial charge in [0.15, 0.2) is 0 Å². The van der Waals surface area contributed by atoms with Crippen LogP contribution in [0.1, 0.15) is 39.2 Å². The second-order valence-electron chi connectivity index (χ2n) is 6.02. The van der Waals surface area contributed by atoms with Crippen LogP contribution >= 0.6 is 15.9 Å². The zero-order chi connectivity index (χ0) is 14.5. The lowest BCUT2D eigenvalue weighted by atomic mass is 9.94. The van der Waals surface area contributed by atoms with E-state index in [0.717, 1.165) is 19.0 Å². The van der Waals surface area contributed by atoms with Gasteiger partial charge in [0.2, 0.25) is 0 Å². The maximum Gasteiger partial charge on any atom is 0.0238 e. The van der Waals surface area contributed by atoms with Gasteiger partial charge in [0.1, 0.15) is 0 Å². The summed E-state index contributed by atoms with van der Waals surface area (Å²) in [6.07, 6.45) is 2.47. The zero-order valence-corrected chi connectivity index (χ0v) is 14.5. The number of benzene rings is 1. The van der Waals surface area contributed by atoms with Crippen molar-refractivity contribution in [2.24, 2.45) is 5.92 Å². The summed E-state index contributed by atoms with van der Waals surface area (Å²) in [6, 6.07) is 10.0. The number of halogens is 1. The predicted octanol–water partition coefficient (Wildman–Crippen LogP) is 4.05. The second-order valence-corrected chi connectivity index (χ2v) is 6.94. The number of piperazine rings is 1. The first kappa shape index (κ1) is 16.0. The van der Waals surface area contributed by atoms with Gasteiger partial charge in [-0.25, -0.2) is 0 Å². The van der Waals surface area contributed by atoms with E-state index < -0.39 is 0 Å². The third-order valence-electron chi connectivity index (χ3n) is 4.64. The molecule has 1 saturated heterocycles. The highest BCUT2D eigenvalue weighted by Crippen LogP contribution is 2.21. The van der Waals surface area contributed by atoms with Crippen molar-refractivity contribution in [3.8, 4) is 0 Å². The van der Waals surface area contributed by atoms with E-state index in [0.29, 0.717) is 12.1 Å². The highest BCUT2D eigenvalue weighted by molar-refractivity contribution is 9.10. The van der Waals surface area contributed by atoms with Crippen molar-refractivity contribution < 1.29 is 0 Å². The first-order chi connectivity index (χ1) is 9.63. The molecule has 3 atom stereocenters. The number of nitrogens with one attached hydrogen (secondary N) is 1. The lowest BCUT2D eigenvalue weighted by Gasteiger charge is -2.42. The molecule has 0 radical (unpaired) electrons. The van der Waals surface area contributed by atoms with Crippen molar-refractivity contribution in [1.82, 2.24) is 10.2 Å². The van der Waals surface area contributed by atoms with Crippen molar-refractivity contribution in [3.05, 3.63) is 34.3 Å². The molecule has 1 aliphatic heterocycles. The Morgan fingerprint density at radius 1 is 1.40 bits per heavy atom. The highest BCUT2D eigenvalue weighted by Gasteiger charge is 2.28. The maximum absolute atomic E-state index is 3.75. The van der Waals surface area contributed by atoms with E-state index >= 15 is 0 Å². The molecule has 1 aromatic carbocycles. The molecule has 20 heavy (non-hydrogen) atoms. The van der Waals surface area contributed by atoms with Gasteiger partial charge in [-0.05, 0) is 30.0 Å². The van der Waals surface area contributed by atoms with Gasteiger partial charge in [-0.1, -0.05) is 55.3 Å². The highest BCUT2D eigenvalue weighted by atomic mass is 79.9. The first-order valence-corrected chi connectivity index (χ1v) is 8.65. The van der Waals surface area contributed by atoms with Crippen LogP contribution in [0.3, 0.4) is 0 Å². The summed E-state index contributed by atoms with van der Waals surface area (Å²) >= 11 is 3.57. The Morgan fingerprint density at radius 2 is 2.20 bits per heavy atom. The lowest BCUT2D eigenvalue weighted by molar-refractivity contribution is 0.0993. The molecule has 0 spiro atoms. The third-order valence-corrected chi connectivity index (χ3v) is 5.13. The van der Waals surface area contributed by atoms with E-state index in [-0.39, 0.29) is 0 Å². The fourth-order valence-corrected chi connectivity index (χ4v) is 3.46. The smallest absolute Gasteiger partial charge is 0.0238 e. The maximum atomic E-state index is 3.75. The van der Waals surface area contributed by atoms with Crippen LogP contribution in [0.2, 0.25) is 0 Å². The Bertz CT molecular complexity index is 421. The average molecular weight is 339 g/mol. The Kier molecular flexibility index (Phi) is 6.06. The van der Waals surface area contributed by atoms with Crippen molar-refractivity contribution >= 4 is 15.9 Å². The van der Waals surface area contributed by atoms with Crippen LogP contribution < -0.4 is 5.32 Å². The van der Waals surface area contributed by atoms with Gasteiger partial charge in [0.25, 0.3) is 0 Å². The molecule has 0 amide bonds. The summed E-state index contributed by atoms with van der Waals surface area (Å²) in [4.78, 5) is 2.66. The molecule has 0 aliphatic carbocycles. The van der Waals surface area contributed by atoms with E-state index in [2.05, 4.69) is 71.2 Å². The third kappa shape index (κ3) is 4.06. The molecular formula is C17H27BrN2. The average Bonchev–Trinajstić information content (AvgIpc) is 2.46. The summed E-state index contributed by atoms with van der Waals surface area (Å²) in [7, 11) is 0. The standard InChI is InChI=1S/C17H27BrN2/c1-4-13(3)17-12-20(16(5-2)10-19-17)11-14-7-6-8-15(18)9-14/h6-9,13,16-17,19H,4-5,10-12H2,1-3H3. The Hall–Kier alpha value is -0.380. The minimum atomic E-state index is 0.634. The van der Waals surface area contributed by atoms with Crippen LogP contribution in [0.5, 0.6) is 0 Å². The summed E-state index contributed by atoms with van der Waals surface area (Å²) in [6.45, 7) is 10.3. The molecule has 0 aromatic heterocycles. The first-order valence-electron chi connectivity index (χ1n) is 7.85. The van der Waals surface area contributed by atoms with Crippen LogP contribution in [0.25, 0.3) is 0 Å². The number of nitrogens with zero attached hydrogens (tertiary/aromatic N) is 1. The number of hydrogen-bond acceptors (Lipinski definition) is 2. The van der Waals surface area contributed by atoms with Gasteiger partial charge in [0, 0.05) is 36.2 Å². The van der Waals surface area contributed by atoms with E-state index in [1.807, 2.05) is 0 Å². The Balaban J connectivity index is 2.05. The van der Waals surface area contributed by atoms with E-state index in [9.17, 15) is 0 Å². The number of hydrogen-bond donors (Lipinski definition) is 1. The molecule has 1 fully saturated rings. The van der Waals surface area contributed by atoms with Crippen LogP contribution in [-0.2, 0) is 6.54 Å². The molecule has 1 N–H and O–H groups in total. The molecule has 2 rings (SSSR count). The van der Waals surface area contributed by atoms with Gasteiger partial charge in [0.05, 0.1) is 0 Å². The summed E-state index contributed by atoms with van der Waals surface area (Å²) in [5.41, 5.74) is 1.41. The van der Waals surface area contributed by atoms with Crippen LogP contribution in [0.15, 0.2) is 28.7 Å². The van der Waals surface area contributed by atoms with Crippen molar-refractivity contribution in [2.75, 3.05) is 13.1 Å². The molecule has 2 nitrogen and oxygen atoms in total. The molecule has 112 valence electrons. The number of rotatable bonds is 5. The quantitative estimate of drug-likeness (QED) is 0.871. The van der Waals surface area contributed by atoms with Crippen LogP contribution in [0, 0.1) is 5.92 Å². The largest absolute Gasteiger partial charge is 0.311 e. The van der Waals surface area contributed by atoms with Gasteiger partial charge < -0.3 is 5.32 Å². The predicted molar refractivity (Wildman–Crippen MR) is 89.9 cm³/mol. The molecule has 3 unspecified atom stereocenters. The SMILES string of the molecule is CCC(C)C1CN(Cc2cccc(Br)c2)C(CC)CN1. The summed E-state index contributed by atoms with van der Waals surface area (Å²) in [5, 5.41) is 3.75. The molecular weight excluding hydrogens is 312 g/mol. The van der Waals surface area contributed by atoms with Gasteiger partial charge >= 0.3 is 0 Å². The normalized spacial score (nSPS) is 25.6. The van der Waals surface area contributed by atoms with Crippen molar-refractivity contribution in [3.63, 3.8) is 0 Å². The molecule has 0 bridgehead atoms. The van der Waals surface area contributed by atoms with Gasteiger partial charge in [-0.3, -0.25) is 4.90 Å². The van der Waals surface area contributed by atoms with Gasteiger partial charge in [-0.15, -0.1) is 0 Å². The molecule has 3 heteroatoms. The minimum Gasteiger partial charge on any atom is -0.311 e. The van der Waals surface area contributed by atoms with E-state index in [1.54, 1.807) is 0 Å². The van der Waals surface area contributed by atoms with Crippen molar-refractivity contribution in [1.29, 1.82) is 0 Å². The molecule has 1 aromatic rings.